The van der Waals surface area contributed by atoms with Gasteiger partial charge in [0, 0.05) is 17.3 Å². The van der Waals surface area contributed by atoms with Crippen LogP contribution < -0.4 is 5.32 Å². The second-order valence-electron chi connectivity index (χ2n) is 7.32. The molecule has 0 saturated heterocycles. The molecule has 0 spiro atoms. The molecule has 0 fully saturated rings. The van der Waals surface area contributed by atoms with E-state index in [1.54, 1.807) is 32.3 Å². The number of anilines is 1. The number of rotatable bonds is 7. The van der Waals surface area contributed by atoms with Gasteiger partial charge in [0.05, 0.1) is 17.9 Å². The van der Waals surface area contributed by atoms with E-state index in [9.17, 15) is 14.4 Å². The molecule has 0 saturated carbocycles. The molecule has 1 aromatic carbocycles. The number of esters is 2. The normalized spacial score (nSPS) is 10.8. The van der Waals surface area contributed by atoms with Crippen molar-refractivity contribution in [3.8, 4) is 10.4 Å². The van der Waals surface area contributed by atoms with Crippen molar-refractivity contribution in [2.75, 3.05) is 18.5 Å². The van der Waals surface area contributed by atoms with Crippen molar-refractivity contribution < 1.29 is 23.9 Å². The third kappa shape index (κ3) is 4.53. The van der Waals surface area contributed by atoms with Crippen LogP contribution in [0.3, 0.4) is 0 Å². The molecule has 9 nitrogen and oxygen atoms in total. The summed E-state index contributed by atoms with van der Waals surface area (Å²) in [5, 5.41) is 7.26. The summed E-state index contributed by atoms with van der Waals surface area (Å²) in [5.41, 5.74) is 2.88. The van der Waals surface area contributed by atoms with Crippen molar-refractivity contribution >= 4 is 39.8 Å². The highest BCUT2D eigenvalue weighted by Gasteiger charge is 2.25. The highest BCUT2D eigenvalue weighted by molar-refractivity contribution is 7.20. The molecule has 10 heteroatoms. The summed E-state index contributed by atoms with van der Waals surface area (Å²) in [6.07, 6.45) is 3.21. The summed E-state index contributed by atoms with van der Waals surface area (Å²) in [7, 11) is 0. The van der Waals surface area contributed by atoms with Crippen LogP contribution >= 0.6 is 11.3 Å². The Balaban J connectivity index is 1.53. The van der Waals surface area contributed by atoms with E-state index >= 15 is 0 Å². The van der Waals surface area contributed by atoms with Gasteiger partial charge >= 0.3 is 11.9 Å². The van der Waals surface area contributed by atoms with Gasteiger partial charge in [-0.2, -0.15) is 5.10 Å². The number of aromatic nitrogens is 3. The minimum absolute atomic E-state index is 0.193. The summed E-state index contributed by atoms with van der Waals surface area (Å²) in [6.45, 7) is 4.85. The number of hydrogen-bond acceptors (Lipinski definition) is 8. The summed E-state index contributed by atoms with van der Waals surface area (Å²) in [6, 6.07) is 11.2. The SMILES string of the molecule is CCOC(=O)c1c(NC(=O)COC(=O)c2c(C)nn3cccnc23)sc(-c2ccccc2)c1C. The lowest BCUT2D eigenvalue weighted by molar-refractivity contribution is -0.119. The molecule has 3 heterocycles. The molecule has 0 aliphatic rings. The fraction of sp³-hybridized carbons (Fsp3) is 0.208. The van der Waals surface area contributed by atoms with E-state index < -0.39 is 24.5 Å². The predicted octanol–water partition coefficient (Wildman–Crippen LogP) is 4.05. The van der Waals surface area contributed by atoms with Crippen molar-refractivity contribution in [3.63, 3.8) is 0 Å². The van der Waals surface area contributed by atoms with Gasteiger partial charge in [-0.05, 0) is 38.0 Å². The van der Waals surface area contributed by atoms with Crippen LogP contribution in [0.5, 0.6) is 0 Å². The van der Waals surface area contributed by atoms with E-state index in [0.717, 1.165) is 10.4 Å². The molecule has 4 rings (SSSR count). The Morgan fingerprint density at radius 1 is 1.03 bits per heavy atom. The van der Waals surface area contributed by atoms with E-state index in [2.05, 4.69) is 15.4 Å². The number of fused-ring (bicyclic) bond motifs is 1. The molecule has 1 N–H and O–H groups in total. The average Bonchev–Trinajstić information content (AvgIpc) is 3.33. The largest absolute Gasteiger partial charge is 0.462 e. The molecule has 174 valence electrons. The number of thiophene rings is 1. The summed E-state index contributed by atoms with van der Waals surface area (Å²) >= 11 is 1.26. The maximum atomic E-state index is 12.7. The zero-order chi connectivity index (χ0) is 24.2. The number of carbonyl (C=O) groups is 3. The van der Waals surface area contributed by atoms with Gasteiger partial charge in [0.15, 0.2) is 12.3 Å². The zero-order valence-corrected chi connectivity index (χ0v) is 19.6. The Morgan fingerprint density at radius 3 is 2.50 bits per heavy atom. The van der Waals surface area contributed by atoms with Gasteiger partial charge in [-0.25, -0.2) is 19.1 Å². The smallest absolute Gasteiger partial charge is 0.344 e. The average molecular weight is 479 g/mol. The van der Waals surface area contributed by atoms with Crippen molar-refractivity contribution in [2.45, 2.75) is 20.8 Å². The first kappa shape index (κ1) is 23.1. The number of hydrogen-bond donors (Lipinski definition) is 1. The van der Waals surface area contributed by atoms with Crippen LogP contribution in [0.1, 0.15) is 38.9 Å². The minimum atomic E-state index is -0.709. The molecule has 0 aliphatic heterocycles. The molecule has 0 radical (unpaired) electrons. The van der Waals surface area contributed by atoms with Crippen LogP contribution in [-0.2, 0) is 14.3 Å². The lowest BCUT2D eigenvalue weighted by Crippen LogP contribution is -2.22. The van der Waals surface area contributed by atoms with Crippen LogP contribution in [0.15, 0.2) is 48.8 Å². The van der Waals surface area contributed by atoms with E-state index in [-0.39, 0.29) is 17.7 Å². The molecule has 4 aromatic rings. The van der Waals surface area contributed by atoms with E-state index in [1.807, 2.05) is 37.3 Å². The third-order valence-electron chi connectivity index (χ3n) is 5.02. The quantitative estimate of drug-likeness (QED) is 0.399. The molecular weight excluding hydrogens is 456 g/mol. The molecule has 1 amide bonds. The van der Waals surface area contributed by atoms with Crippen LogP contribution in [0.4, 0.5) is 5.00 Å². The fourth-order valence-corrected chi connectivity index (χ4v) is 4.73. The number of carbonyl (C=O) groups excluding carboxylic acids is 3. The van der Waals surface area contributed by atoms with Crippen molar-refractivity contribution in [2.24, 2.45) is 0 Å². The van der Waals surface area contributed by atoms with Gasteiger partial charge in [0.25, 0.3) is 5.91 Å². The second-order valence-corrected chi connectivity index (χ2v) is 8.34. The number of benzene rings is 1. The molecule has 0 bridgehead atoms. The first-order chi connectivity index (χ1) is 16.4. The van der Waals surface area contributed by atoms with Crippen molar-refractivity contribution in [1.29, 1.82) is 0 Å². The molecule has 3 aromatic heterocycles. The molecule has 0 atom stereocenters. The maximum absolute atomic E-state index is 12.7. The van der Waals surface area contributed by atoms with Crippen molar-refractivity contribution in [3.05, 3.63) is 71.2 Å². The number of ether oxygens (including phenoxy) is 2. The Labute approximate surface area is 199 Å². The highest BCUT2D eigenvalue weighted by atomic mass is 32.1. The van der Waals surface area contributed by atoms with Gasteiger partial charge in [0.1, 0.15) is 10.6 Å². The predicted molar refractivity (Wildman–Crippen MR) is 127 cm³/mol. The van der Waals surface area contributed by atoms with Gasteiger partial charge in [-0.15, -0.1) is 11.3 Å². The van der Waals surface area contributed by atoms with Gasteiger partial charge in [0.2, 0.25) is 0 Å². The summed E-state index contributed by atoms with van der Waals surface area (Å²) in [5.74, 6) is -1.82. The standard InChI is InChI=1S/C24H22N4O5S/c1-4-32-23(30)18-14(2)20(16-9-6-5-7-10-16)34-22(18)26-17(29)13-33-24(31)19-15(3)27-28-12-8-11-25-21(19)28/h5-12H,4,13H2,1-3H3,(H,26,29). The Bertz CT molecular complexity index is 1380. The molecular formula is C24H22N4O5S. The second kappa shape index (κ2) is 9.84. The van der Waals surface area contributed by atoms with Gasteiger partial charge in [-0.1, -0.05) is 30.3 Å². The van der Waals surface area contributed by atoms with Gasteiger partial charge in [-0.3, -0.25) is 4.79 Å². The number of amides is 1. The van der Waals surface area contributed by atoms with Crippen LogP contribution in [-0.4, -0.2) is 45.7 Å². The number of nitrogens with zero attached hydrogens (tertiary/aromatic N) is 3. The monoisotopic (exact) mass is 478 g/mol. The van der Waals surface area contributed by atoms with Crippen molar-refractivity contribution in [1.82, 2.24) is 14.6 Å². The van der Waals surface area contributed by atoms with E-state index in [1.165, 1.54) is 15.9 Å². The summed E-state index contributed by atoms with van der Waals surface area (Å²) < 4.78 is 11.9. The Hall–Kier alpha value is -4.05. The first-order valence-corrected chi connectivity index (χ1v) is 11.3. The van der Waals surface area contributed by atoms with E-state index in [4.69, 9.17) is 9.47 Å². The highest BCUT2D eigenvalue weighted by Crippen LogP contribution is 2.40. The molecule has 0 aliphatic carbocycles. The number of aryl methyl sites for hydroxylation is 1. The minimum Gasteiger partial charge on any atom is -0.462 e. The lowest BCUT2D eigenvalue weighted by atomic mass is 10.1. The molecule has 34 heavy (non-hydrogen) atoms. The first-order valence-electron chi connectivity index (χ1n) is 10.5. The van der Waals surface area contributed by atoms with Crippen LogP contribution in [0.2, 0.25) is 0 Å². The third-order valence-corrected chi connectivity index (χ3v) is 6.28. The molecule has 0 unspecified atom stereocenters. The maximum Gasteiger partial charge on any atom is 0.344 e. The van der Waals surface area contributed by atoms with Crippen LogP contribution in [0.25, 0.3) is 16.1 Å². The van der Waals surface area contributed by atoms with E-state index in [0.29, 0.717) is 21.9 Å². The Morgan fingerprint density at radius 2 is 1.76 bits per heavy atom. The topological polar surface area (TPSA) is 112 Å². The fourth-order valence-electron chi connectivity index (χ4n) is 3.52. The zero-order valence-electron chi connectivity index (χ0n) is 18.8. The Kier molecular flexibility index (Phi) is 6.69. The number of nitrogens with one attached hydrogen (secondary N) is 1. The lowest BCUT2D eigenvalue weighted by Gasteiger charge is -2.08. The summed E-state index contributed by atoms with van der Waals surface area (Å²) in [4.78, 5) is 42.9. The van der Waals surface area contributed by atoms with Gasteiger partial charge < -0.3 is 14.8 Å². The van der Waals surface area contributed by atoms with Crippen LogP contribution in [0, 0.1) is 13.8 Å².